The van der Waals surface area contributed by atoms with Gasteiger partial charge in [0.2, 0.25) is 82.7 Å². The Morgan fingerprint density at radius 2 is 0.920 bits per heavy atom. The van der Waals surface area contributed by atoms with Gasteiger partial charge in [-0.25, -0.2) is 9.59 Å². The van der Waals surface area contributed by atoms with Gasteiger partial charge in [0, 0.05) is 13.1 Å². The molecule has 40 nitrogen and oxygen atoms in total. The second-order valence-electron chi connectivity index (χ2n) is 29.5. The monoisotopic (exact) mass is 1620 g/mol. The molecule has 2 fully saturated rings. The molecular formula is C70H123F3N20O20. The Morgan fingerprint density at radius 1 is 0.487 bits per heavy atom. The summed E-state index contributed by atoms with van der Waals surface area (Å²) in [6, 6.07) is -16.5. The lowest BCUT2D eigenvalue weighted by Gasteiger charge is -2.29. The molecule has 2 rings (SSSR count). The van der Waals surface area contributed by atoms with Crippen molar-refractivity contribution in [2.75, 3.05) is 52.4 Å². The summed E-state index contributed by atoms with van der Waals surface area (Å²) in [5, 5.41) is 74.0. The van der Waals surface area contributed by atoms with Crippen molar-refractivity contribution < 1.29 is 110 Å². The van der Waals surface area contributed by atoms with Gasteiger partial charge in [-0.1, -0.05) is 55.4 Å². The van der Waals surface area contributed by atoms with E-state index in [1.165, 1.54) is 25.7 Å². The molecule has 644 valence electrons. The van der Waals surface area contributed by atoms with E-state index < -0.39 is 205 Å². The number of unbranched alkanes of at least 4 members (excludes halogenated alkanes) is 2. The van der Waals surface area contributed by atoms with Gasteiger partial charge in [-0.2, -0.15) is 13.2 Å². The van der Waals surface area contributed by atoms with Crippen molar-refractivity contribution in [3.63, 3.8) is 0 Å². The molecule has 0 unspecified atom stereocenters. The Morgan fingerprint density at radius 3 is 1.42 bits per heavy atom. The van der Waals surface area contributed by atoms with Crippen LogP contribution in [0.1, 0.15) is 172 Å². The van der Waals surface area contributed by atoms with Crippen molar-refractivity contribution in [1.82, 2.24) is 79.3 Å². The van der Waals surface area contributed by atoms with Crippen molar-refractivity contribution in [3.05, 3.63) is 0 Å². The number of nitrogens with zero attached hydrogens (tertiary/aromatic N) is 2. The van der Waals surface area contributed by atoms with Gasteiger partial charge in [-0.15, -0.1) is 0 Å². The maximum Gasteiger partial charge on any atom is 0.490 e. The lowest BCUT2D eigenvalue weighted by atomic mass is 10.0. The minimum Gasteiger partial charge on any atom is -0.480 e. The molecule has 2 aliphatic rings. The number of rotatable bonds is 49. The number of hydrogen-bond acceptors (Lipinski definition) is 22. The third-order valence-corrected chi connectivity index (χ3v) is 17.7. The highest BCUT2D eigenvalue weighted by molar-refractivity contribution is 6.00. The van der Waals surface area contributed by atoms with Crippen LogP contribution >= 0.6 is 0 Å². The first kappa shape index (κ1) is 101. The van der Waals surface area contributed by atoms with Gasteiger partial charge in [0.25, 0.3) is 0 Å². The van der Waals surface area contributed by atoms with Gasteiger partial charge in [-0.3, -0.25) is 72.1 Å². The summed E-state index contributed by atoms with van der Waals surface area (Å²) >= 11 is 0. The highest BCUT2D eigenvalue weighted by atomic mass is 19.4. The molecule has 113 heavy (non-hydrogen) atoms. The van der Waals surface area contributed by atoms with E-state index in [0.29, 0.717) is 58.2 Å². The third-order valence-electron chi connectivity index (χ3n) is 17.7. The summed E-state index contributed by atoms with van der Waals surface area (Å²) in [4.78, 5) is 217. The fraction of sp³-hybridized carbons (Fsp3) is 0.757. The lowest BCUT2D eigenvalue weighted by Crippen LogP contribution is -2.62. The molecule has 0 aromatic heterocycles. The van der Waals surface area contributed by atoms with E-state index in [4.69, 9.17) is 32.8 Å². The van der Waals surface area contributed by atoms with Crippen LogP contribution < -0.4 is 97.4 Å². The zero-order valence-electron chi connectivity index (χ0n) is 66.3. The molecule has 26 N–H and O–H groups in total. The lowest BCUT2D eigenvalue weighted by molar-refractivity contribution is -0.192. The molecule has 0 spiro atoms. The van der Waals surface area contributed by atoms with E-state index in [-0.39, 0.29) is 94.1 Å². The standard InChI is InChI=1S/C68H122N20O18.C2HF3O2/c1-35(2)29-46(83-57(95)42-21-16-26-73-42)60(98)77-40(10)56(94)81-44(22-17-27-74-68(71)72)59(97)87-54(41(11)90)65(103)84-47(30-36(3)4)61(99)85-49(34-89)62(100)86-53(38(7)8)64(102)78-39(9)55(93)75-32-52(92)80-48(31-37(5)6)66(104)88-28-18-23-50(88)63(101)76-33-51(91)79-43(19-12-14-24-69)58(96)82-45(67(105)106)20-13-15-25-70;3-2(4,5)1(6)7/h35-50,53-54,73,89-90H,12-34,69-70H2,1-11H3,(H,75,93)(H,76,101)(H,77,98)(H,78,102)(H,79,91)(H,80,92)(H,81,94)(H,82,96)(H,83,95)(H,84,103)(H,85,99)(H,86,100)(H,87,97)(H,105,106)(H4,71,72,74);(H,6,7)/t39-,40-,41+,42-,43-,44-,45-,46-,47-,48-,49-,50-,53-,54-;/m0./s1. The number of amides is 14. The quantitative estimate of drug-likeness (QED) is 0.0154. The fourth-order valence-corrected chi connectivity index (χ4v) is 11.7. The molecule has 0 aliphatic carbocycles. The summed E-state index contributed by atoms with van der Waals surface area (Å²) in [5.74, 6) is -16.8. The predicted molar refractivity (Wildman–Crippen MR) is 403 cm³/mol. The Labute approximate surface area is 655 Å². The molecule has 0 saturated carbocycles. The number of carbonyl (C=O) groups is 16. The normalized spacial score (nSPS) is 17.2. The van der Waals surface area contributed by atoms with Gasteiger partial charge in [0.05, 0.1) is 31.8 Å². The van der Waals surface area contributed by atoms with Crippen molar-refractivity contribution in [2.45, 2.75) is 263 Å². The van der Waals surface area contributed by atoms with Gasteiger partial charge in [0.1, 0.15) is 72.5 Å². The molecule has 0 aromatic carbocycles. The number of hydrogen-bond donors (Lipinski definition) is 22. The molecule has 14 amide bonds. The van der Waals surface area contributed by atoms with Crippen LogP contribution in [0.3, 0.4) is 0 Å². The summed E-state index contributed by atoms with van der Waals surface area (Å²) in [6.07, 6.45) is -2.32. The van der Waals surface area contributed by atoms with Gasteiger partial charge in [-0.05, 0) is 160 Å². The zero-order chi connectivity index (χ0) is 86.2. The first-order chi connectivity index (χ1) is 52.8. The number of nitrogens with two attached hydrogens (primary N) is 4. The summed E-state index contributed by atoms with van der Waals surface area (Å²) in [5.41, 5.74) is 22.2. The number of aliphatic hydroxyl groups excluding tert-OH is 2. The number of carboxylic acid groups (broad SMARTS) is 2. The molecule has 2 aliphatic heterocycles. The van der Waals surface area contributed by atoms with Crippen LogP contribution in [0.15, 0.2) is 4.99 Å². The van der Waals surface area contributed by atoms with E-state index >= 15 is 0 Å². The number of aliphatic hydroxyl groups is 2. The third kappa shape index (κ3) is 39.1. The Hall–Kier alpha value is -9.62. The molecule has 2 saturated heterocycles. The highest BCUT2D eigenvalue weighted by Gasteiger charge is 2.41. The number of halogens is 3. The topological polar surface area (TPSA) is 642 Å². The van der Waals surface area contributed by atoms with E-state index in [0.717, 1.165) is 6.42 Å². The van der Waals surface area contributed by atoms with E-state index in [9.17, 15) is 100 Å². The van der Waals surface area contributed by atoms with Crippen molar-refractivity contribution in [2.24, 2.45) is 51.6 Å². The zero-order valence-corrected chi connectivity index (χ0v) is 66.3. The predicted octanol–water partition coefficient (Wildman–Crippen LogP) is -5.47. The number of likely N-dealkylation sites (tertiary alicyclic amines) is 1. The molecule has 43 heteroatoms. The molecule has 0 radical (unpaired) electrons. The van der Waals surface area contributed by atoms with Crippen molar-refractivity contribution >= 4 is 101 Å². The molecule has 0 aromatic rings. The smallest absolute Gasteiger partial charge is 0.480 e. The fourth-order valence-electron chi connectivity index (χ4n) is 11.7. The van der Waals surface area contributed by atoms with Gasteiger partial charge in [0.15, 0.2) is 5.96 Å². The van der Waals surface area contributed by atoms with Crippen LogP contribution in [-0.2, 0) is 76.7 Å². The first-order valence-corrected chi connectivity index (χ1v) is 38.0. The number of carbonyl (C=O) groups excluding carboxylic acids is 14. The Kier molecular flexibility index (Phi) is 46.6. The second kappa shape index (κ2) is 51.9. The van der Waals surface area contributed by atoms with E-state index in [1.807, 2.05) is 13.8 Å². The SMILES string of the molecule is CC(C)C[C@H](NC(=O)[C@@H]1CCCN1)C(=O)N[C@@H](C)C(=O)N[C@@H](CCCN=C(N)N)C(=O)N[C@H](C(=O)N[C@@H](CC(C)C)C(=O)N[C@@H](CO)C(=O)N[C@H](C(=O)N[C@@H](C)C(=O)NCC(=O)N[C@@H](CC(C)C)C(=O)N1CCC[C@H]1C(=O)NCC(=O)N[C@@H](CCCCN)C(=O)N[C@@H](CCCCN)C(=O)O)C(C)C)[C@@H](C)O.O=C(O)C(F)(F)F. The van der Waals surface area contributed by atoms with Crippen LogP contribution in [0.2, 0.25) is 0 Å². The van der Waals surface area contributed by atoms with Crippen molar-refractivity contribution in [3.8, 4) is 0 Å². The average Bonchev–Trinajstić information content (AvgIpc) is 1.80. The maximum atomic E-state index is 14.2. The largest absolute Gasteiger partial charge is 0.490 e. The summed E-state index contributed by atoms with van der Waals surface area (Å²) in [7, 11) is 0. The van der Waals surface area contributed by atoms with Crippen LogP contribution in [0.25, 0.3) is 0 Å². The number of aliphatic imine (C=N–C) groups is 1. The maximum absolute atomic E-state index is 14.2. The number of alkyl halides is 3. The molecular weight excluding hydrogens is 1500 g/mol. The molecule has 14 atom stereocenters. The minimum atomic E-state index is -5.08. The Balaban J connectivity index is 0.00000867. The second-order valence-corrected chi connectivity index (χ2v) is 29.5. The number of aliphatic carboxylic acids is 2. The summed E-state index contributed by atoms with van der Waals surface area (Å²) in [6.45, 7) is 16.8. The summed E-state index contributed by atoms with van der Waals surface area (Å²) < 4.78 is 31.7. The van der Waals surface area contributed by atoms with Crippen LogP contribution in [0.5, 0.6) is 0 Å². The number of carboxylic acids is 2. The number of nitrogens with one attached hydrogen (secondary N) is 14. The van der Waals surface area contributed by atoms with Gasteiger partial charge >= 0.3 is 18.1 Å². The van der Waals surface area contributed by atoms with Crippen LogP contribution in [0, 0.1) is 23.7 Å². The average molecular weight is 1620 g/mol. The molecule has 2 heterocycles. The van der Waals surface area contributed by atoms with Crippen molar-refractivity contribution in [1.29, 1.82) is 0 Å². The van der Waals surface area contributed by atoms with Crippen LogP contribution in [-0.4, -0.2) is 269 Å². The van der Waals surface area contributed by atoms with Crippen LogP contribution in [0.4, 0.5) is 13.2 Å². The molecule has 0 bridgehead atoms. The number of guanidine groups is 1. The highest BCUT2D eigenvalue weighted by Crippen LogP contribution is 2.22. The van der Waals surface area contributed by atoms with E-state index in [1.54, 1.807) is 41.5 Å². The van der Waals surface area contributed by atoms with Gasteiger partial charge < -0.3 is 123 Å². The Bertz CT molecular complexity index is 3190. The minimum absolute atomic E-state index is 0.00982. The van der Waals surface area contributed by atoms with E-state index in [2.05, 4.69) is 79.4 Å². The first-order valence-electron chi connectivity index (χ1n) is 38.0.